The number of benzene rings is 1. The van der Waals surface area contributed by atoms with E-state index >= 15 is 0 Å². The maximum atomic E-state index is 4.39. The first kappa shape index (κ1) is 10.3. The predicted molar refractivity (Wildman–Crippen MR) is 65.9 cm³/mol. The summed E-state index contributed by atoms with van der Waals surface area (Å²) in [5.74, 6) is 0.731. The summed E-state index contributed by atoms with van der Waals surface area (Å²) in [6.45, 7) is 4.63. The molecule has 1 unspecified atom stereocenters. The zero-order valence-corrected chi connectivity index (χ0v) is 10.4. The minimum atomic E-state index is 0.548. The Bertz CT molecular complexity index is 373. The fourth-order valence-corrected chi connectivity index (χ4v) is 4.06. The second-order valence-electron chi connectivity index (χ2n) is 6.39. The van der Waals surface area contributed by atoms with Crippen LogP contribution in [0.1, 0.15) is 38.7 Å². The molecule has 1 nitrogen and oxygen atoms in total. The van der Waals surface area contributed by atoms with Crippen LogP contribution in [0, 0.1) is 11.3 Å². The Labute approximate surface area is 98.0 Å². The molecule has 0 aromatic heterocycles. The summed E-state index contributed by atoms with van der Waals surface area (Å²) in [6, 6.07) is 11.7. The van der Waals surface area contributed by atoms with Gasteiger partial charge in [0.2, 0.25) is 0 Å². The highest BCUT2D eigenvalue weighted by molar-refractivity contribution is 5.39. The van der Waals surface area contributed by atoms with Crippen molar-refractivity contribution >= 4 is 0 Å². The van der Waals surface area contributed by atoms with Crippen molar-refractivity contribution in [1.82, 2.24) is 0 Å². The average molecular weight is 216 g/mol. The van der Waals surface area contributed by atoms with Crippen molar-refractivity contribution < 1.29 is 5.73 Å². The molecule has 3 fully saturated rings. The van der Waals surface area contributed by atoms with E-state index in [1.807, 2.05) is 0 Å². The van der Waals surface area contributed by atoms with Gasteiger partial charge >= 0.3 is 0 Å². The second-order valence-corrected chi connectivity index (χ2v) is 6.39. The molecule has 86 valence electrons. The van der Waals surface area contributed by atoms with E-state index in [4.69, 9.17) is 0 Å². The van der Waals surface area contributed by atoms with Crippen molar-refractivity contribution in [2.75, 3.05) is 0 Å². The Morgan fingerprint density at radius 2 is 1.62 bits per heavy atom. The van der Waals surface area contributed by atoms with E-state index < -0.39 is 0 Å². The number of hydrogen-bond acceptors (Lipinski definition) is 0. The molecule has 0 saturated heterocycles. The molecule has 16 heavy (non-hydrogen) atoms. The fourth-order valence-electron chi connectivity index (χ4n) is 4.06. The van der Waals surface area contributed by atoms with E-state index in [0.29, 0.717) is 16.9 Å². The maximum absolute atomic E-state index is 4.39. The standard InChI is InChI=1S/C15H21N/c1-11(2)13(16)15-8-14(9-15,10-15)12-6-4-3-5-7-12/h3-7,11,13H,8-10,16H2,1-2H3/p+1. The Hall–Kier alpha value is -0.820. The van der Waals surface area contributed by atoms with Gasteiger partial charge in [0.15, 0.2) is 0 Å². The van der Waals surface area contributed by atoms with Crippen LogP contribution in [-0.4, -0.2) is 6.04 Å². The zero-order chi connectivity index (χ0) is 11.4. The third-order valence-corrected chi connectivity index (χ3v) is 5.05. The van der Waals surface area contributed by atoms with Gasteiger partial charge in [0.05, 0.1) is 6.04 Å². The first-order valence-electron chi connectivity index (χ1n) is 6.47. The van der Waals surface area contributed by atoms with Gasteiger partial charge in [-0.3, -0.25) is 0 Å². The lowest BCUT2D eigenvalue weighted by molar-refractivity contribution is -0.489. The number of rotatable bonds is 3. The number of quaternary nitrogens is 1. The lowest BCUT2D eigenvalue weighted by atomic mass is 9.31. The molecule has 1 atom stereocenters. The second kappa shape index (κ2) is 3.10. The van der Waals surface area contributed by atoms with Gasteiger partial charge in [-0.05, 0) is 30.2 Å². The third kappa shape index (κ3) is 1.15. The summed E-state index contributed by atoms with van der Waals surface area (Å²) in [7, 11) is 0. The fraction of sp³-hybridized carbons (Fsp3) is 0.600. The van der Waals surface area contributed by atoms with Gasteiger partial charge in [-0.1, -0.05) is 44.2 Å². The van der Waals surface area contributed by atoms with E-state index in [1.165, 1.54) is 19.3 Å². The third-order valence-electron chi connectivity index (χ3n) is 5.05. The Kier molecular flexibility index (Phi) is 2.00. The summed E-state index contributed by atoms with van der Waals surface area (Å²) in [5.41, 5.74) is 7.11. The van der Waals surface area contributed by atoms with Gasteiger partial charge in [-0.2, -0.15) is 0 Å². The van der Waals surface area contributed by atoms with Crippen LogP contribution >= 0.6 is 0 Å². The molecule has 1 aromatic carbocycles. The molecular formula is C15H22N+. The first-order chi connectivity index (χ1) is 7.58. The smallest absolute Gasteiger partial charge is 0.0924 e. The summed E-state index contributed by atoms with van der Waals surface area (Å²) < 4.78 is 0. The molecule has 0 spiro atoms. The first-order valence-corrected chi connectivity index (χ1v) is 6.47. The molecule has 3 saturated carbocycles. The molecule has 3 aliphatic carbocycles. The Morgan fingerprint density at radius 3 is 2.12 bits per heavy atom. The quantitative estimate of drug-likeness (QED) is 0.803. The summed E-state index contributed by atoms with van der Waals surface area (Å²) in [4.78, 5) is 0. The van der Waals surface area contributed by atoms with Crippen LogP contribution in [0.2, 0.25) is 0 Å². The molecule has 0 heterocycles. The lowest BCUT2D eigenvalue weighted by Gasteiger charge is -2.72. The molecular weight excluding hydrogens is 194 g/mol. The zero-order valence-electron chi connectivity index (χ0n) is 10.4. The topological polar surface area (TPSA) is 27.6 Å². The van der Waals surface area contributed by atoms with Crippen LogP contribution in [0.25, 0.3) is 0 Å². The minimum absolute atomic E-state index is 0.548. The highest BCUT2D eigenvalue weighted by Gasteiger charge is 2.71. The van der Waals surface area contributed by atoms with Gasteiger partial charge in [0, 0.05) is 11.3 Å². The van der Waals surface area contributed by atoms with E-state index in [2.05, 4.69) is 49.9 Å². The largest absolute Gasteiger partial charge is 0.354 e. The molecule has 1 aromatic rings. The van der Waals surface area contributed by atoms with Crippen LogP contribution in [0.15, 0.2) is 30.3 Å². The van der Waals surface area contributed by atoms with Gasteiger partial charge in [0.25, 0.3) is 0 Å². The lowest BCUT2D eigenvalue weighted by Crippen LogP contribution is -2.81. The minimum Gasteiger partial charge on any atom is -0.354 e. The molecule has 0 aliphatic heterocycles. The SMILES string of the molecule is CC(C)C([NH3+])C12CC(c3ccccc3)(C1)C2. The Balaban J connectivity index is 1.75. The molecule has 0 amide bonds. The van der Waals surface area contributed by atoms with E-state index in [-0.39, 0.29) is 0 Å². The van der Waals surface area contributed by atoms with Crippen molar-refractivity contribution in [3.63, 3.8) is 0 Å². The highest BCUT2D eigenvalue weighted by atomic mass is 14.8. The molecule has 2 bridgehead atoms. The van der Waals surface area contributed by atoms with E-state index in [9.17, 15) is 0 Å². The summed E-state index contributed by atoms with van der Waals surface area (Å²) >= 11 is 0. The van der Waals surface area contributed by atoms with Gasteiger partial charge in [-0.25, -0.2) is 0 Å². The van der Waals surface area contributed by atoms with Crippen LogP contribution in [0.5, 0.6) is 0 Å². The van der Waals surface area contributed by atoms with Gasteiger partial charge in [0.1, 0.15) is 0 Å². The normalized spacial score (nSPS) is 37.8. The van der Waals surface area contributed by atoms with Gasteiger partial charge in [-0.15, -0.1) is 0 Å². The van der Waals surface area contributed by atoms with Gasteiger partial charge < -0.3 is 5.73 Å². The summed E-state index contributed by atoms with van der Waals surface area (Å²) in [6.07, 6.45) is 4.16. The van der Waals surface area contributed by atoms with Crippen LogP contribution in [0.4, 0.5) is 0 Å². The molecule has 1 heteroatoms. The number of hydrogen-bond donors (Lipinski definition) is 1. The maximum Gasteiger partial charge on any atom is 0.0924 e. The predicted octanol–water partition coefficient (Wildman–Crippen LogP) is 2.37. The molecule has 4 rings (SSSR count). The van der Waals surface area contributed by atoms with Crippen molar-refractivity contribution in [1.29, 1.82) is 0 Å². The average Bonchev–Trinajstić information content (AvgIpc) is 2.15. The highest BCUT2D eigenvalue weighted by Crippen LogP contribution is 2.74. The molecule has 3 aliphatic rings. The van der Waals surface area contributed by atoms with Crippen LogP contribution in [0.3, 0.4) is 0 Å². The van der Waals surface area contributed by atoms with Crippen LogP contribution in [-0.2, 0) is 5.41 Å². The molecule has 3 N–H and O–H groups in total. The van der Waals surface area contributed by atoms with Crippen LogP contribution < -0.4 is 5.73 Å². The Morgan fingerprint density at radius 1 is 1.06 bits per heavy atom. The van der Waals surface area contributed by atoms with Crippen molar-refractivity contribution in [2.45, 2.75) is 44.6 Å². The van der Waals surface area contributed by atoms with Crippen molar-refractivity contribution in [3.8, 4) is 0 Å². The van der Waals surface area contributed by atoms with E-state index in [0.717, 1.165) is 5.92 Å². The monoisotopic (exact) mass is 216 g/mol. The molecule has 0 radical (unpaired) electrons. The van der Waals surface area contributed by atoms with E-state index in [1.54, 1.807) is 5.56 Å². The van der Waals surface area contributed by atoms with Crippen molar-refractivity contribution in [2.24, 2.45) is 11.3 Å². The van der Waals surface area contributed by atoms with Crippen molar-refractivity contribution in [3.05, 3.63) is 35.9 Å². The summed E-state index contributed by atoms with van der Waals surface area (Å²) in [5, 5.41) is 0.